The van der Waals surface area contributed by atoms with Crippen LogP contribution in [0.5, 0.6) is 0 Å². The van der Waals surface area contributed by atoms with Crippen LogP contribution in [0, 0.1) is 3.57 Å². The van der Waals surface area contributed by atoms with Crippen LogP contribution in [0.25, 0.3) is 0 Å². The Labute approximate surface area is 149 Å². The smallest absolute Gasteiger partial charge is 0.343 e. The molecule has 0 bridgehead atoms. The van der Waals surface area contributed by atoms with E-state index in [0.29, 0.717) is 5.56 Å². The standard InChI is InChI=1S/C16H20INO5/c1-5-16(14(20)22-4,15(21)23-6-2)18(3)13(19)11-7-9-12(17)10-8-11/h7-10H,5-6H2,1-4H3. The van der Waals surface area contributed by atoms with Crippen molar-refractivity contribution in [3.63, 3.8) is 0 Å². The van der Waals surface area contributed by atoms with Gasteiger partial charge in [0.05, 0.1) is 13.7 Å². The van der Waals surface area contributed by atoms with E-state index in [-0.39, 0.29) is 13.0 Å². The van der Waals surface area contributed by atoms with Gasteiger partial charge in [0.25, 0.3) is 5.91 Å². The fraction of sp³-hybridized carbons (Fsp3) is 0.438. The van der Waals surface area contributed by atoms with E-state index in [1.54, 1.807) is 38.1 Å². The fourth-order valence-electron chi connectivity index (χ4n) is 2.26. The zero-order valence-electron chi connectivity index (χ0n) is 13.6. The summed E-state index contributed by atoms with van der Waals surface area (Å²) in [5, 5.41) is 0. The number of hydrogen-bond acceptors (Lipinski definition) is 5. The molecule has 0 aromatic heterocycles. The molecule has 0 radical (unpaired) electrons. The van der Waals surface area contributed by atoms with E-state index in [1.807, 2.05) is 0 Å². The number of benzene rings is 1. The average Bonchev–Trinajstić information content (AvgIpc) is 2.55. The van der Waals surface area contributed by atoms with E-state index in [1.165, 1.54) is 14.2 Å². The molecular weight excluding hydrogens is 413 g/mol. The van der Waals surface area contributed by atoms with Crippen LogP contribution in [0.1, 0.15) is 30.6 Å². The lowest BCUT2D eigenvalue weighted by molar-refractivity contribution is -0.171. The second-order valence-electron chi connectivity index (χ2n) is 4.80. The van der Waals surface area contributed by atoms with Crippen molar-refractivity contribution in [2.45, 2.75) is 25.8 Å². The first-order chi connectivity index (χ1) is 10.8. The molecule has 23 heavy (non-hydrogen) atoms. The Morgan fingerprint density at radius 3 is 2.13 bits per heavy atom. The topological polar surface area (TPSA) is 72.9 Å². The number of carbonyl (C=O) groups is 3. The van der Waals surface area contributed by atoms with Crippen molar-refractivity contribution >= 4 is 40.4 Å². The maximum Gasteiger partial charge on any atom is 0.343 e. The monoisotopic (exact) mass is 433 g/mol. The fourth-order valence-corrected chi connectivity index (χ4v) is 2.62. The SMILES string of the molecule is CCOC(=O)C(CC)(C(=O)OC)N(C)C(=O)c1ccc(I)cc1. The first kappa shape index (κ1) is 19.4. The van der Waals surface area contributed by atoms with Gasteiger partial charge in [0.15, 0.2) is 0 Å². The summed E-state index contributed by atoms with van der Waals surface area (Å²) < 4.78 is 10.8. The number of esters is 2. The van der Waals surface area contributed by atoms with Crippen molar-refractivity contribution in [2.24, 2.45) is 0 Å². The van der Waals surface area contributed by atoms with Crippen LogP contribution in [-0.4, -0.2) is 49.0 Å². The maximum absolute atomic E-state index is 12.7. The van der Waals surface area contributed by atoms with Crippen LogP contribution in [0.15, 0.2) is 24.3 Å². The molecule has 1 atom stereocenters. The summed E-state index contributed by atoms with van der Waals surface area (Å²) in [5.41, 5.74) is -1.43. The molecule has 6 nitrogen and oxygen atoms in total. The predicted octanol–water partition coefficient (Wildman–Crippen LogP) is 2.25. The van der Waals surface area contributed by atoms with Crippen LogP contribution >= 0.6 is 22.6 Å². The molecule has 0 N–H and O–H groups in total. The summed E-state index contributed by atoms with van der Waals surface area (Å²) in [7, 11) is 2.58. The molecule has 0 aliphatic carbocycles. The highest BCUT2D eigenvalue weighted by atomic mass is 127. The number of carbonyl (C=O) groups excluding carboxylic acids is 3. The number of likely N-dealkylation sites (N-methyl/N-ethyl adjacent to an activating group) is 1. The van der Waals surface area contributed by atoms with Crippen molar-refractivity contribution < 1.29 is 23.9 Å². The van der Waals surface area contributed by atoms with Crippen LogP contribution in [-0.2, 0) is 19.1 Å². The van der Waals surface area contributed by atoms with Crippen molar-refractivity contribution in [2.75, 3.05) is 20.8 Å². The van der Waals surface area contributed by atoms with Gasteiger partial charge in [-0.05, 0) is 60.2 Å². The largest absolute Gasteiger partial charge is 0.467 e. The lowest BCUT2D eigenvalue weighted by atomic mass is 9.93. The first-order valence-corrected chi connectivity index (χ1v) is 8.22. The molecule has 0 saturated heterocycles. The molecular formula is C16H20INO5. The van der Waals surface area contributed by atoms with E-state index >= 15 is 0 Å². The van der Waals surface area contributed by atoms with Gasteiger partial charge in [-0.2, -0.15) is 0 Å². The average molecular weight is 433 g/mol. The van der Waals surface area contributed by atoms with Crippen LogP contribution in [0.3, 0.4) is 0 Å². The zero-order valence-corrected chi connectivity index (χ0v) is 15.7. The van der Waals surface area contributed by atoms with Gasteiger partial charge < -0.3 is 14.4 Å². The molecule has 7 heteroatoms. The van der Waals surface area contributed by atoms with Gasteiger partial charge in [-0.3, -0.25) is 4.79 Å². The van der Waals surface area contributed by atoms with Crippen molar-refractivity contribution in [3.05, 3.63) is 33.4 Å². The minimum absolute atomic E-state index is 0.0467. The van der Waals surface area contributed by atoms with E-state index in [9.17, 15) is 14.4 Å². The molecule has 0 fully saturated rings. The Morgan fingerprint density at radius 2 is 1.70 bits per heavy atom. The van der Waals surface area contributed by atoms with E-state index in [2.05, 4.69) is 22.6 Å². The number of nitrogens with zero attached hydrogens (tertiary/aromatic N) is 1. The molecule has 0 aliphatic heterocycles. The van der Waals surface area contributed by atoms with E-state index < -0.39 is 23.4 Å². The third-order valence-electron chi connectivity index (χ3n) is 3.62. The van der Waals surface area contributed by atoms with Crippen molar-refractivity contribution in [1.29, 1.82) is 0 Å². The van der Waals surface area contributed by atoms with Crippen molar-refractivity contribution in [3.8, 4) is 0 Å². The Kier molecular flexibility index (Phi) is 6.99. The number of halogens is 1. The summed E-state index contributed by atoms with van der Waals surface area (Å²) in [6, 6.07) is 6.84. The van der Waals surface area contributed by atoms with Crippen molar-refractivity contribution in [1.82, 2.24) is 4.90 Å². The first-order valence-electron chi connectivity index (χ1n) is 7.14. The second kappa shape index (κ2) is 8.28. The van der Waals surface area contributed by atoms with Gasteiger partial charge in [0.1, 0.15) is 0 Å². The molecule has 0 saturated carbocycles. The van der Waals surface area contributed by atoms with Gasteiger partial charge in [-0.1, -0.05) is 6.92 Å². The molecule has 126 valence electrons. The minimum atomic E-state index is -1.80. The number of rotatable bonds is 6. The highest BCUT2D eigenvalue weighted by Crippen LogP contribution is 2.25. The second-order valence-corrected chi connectivity index (χ2v) is 6.04. The summed E-state index contributed by atoms with van der Waals surface area (Å²) in [6.45, 7) is 3.37. The highest BCUT2D eigenvalue weighted by molar-refractivity contribution is 14.1. The quantitative estimate of drug-likeness (QED) is 0.391. The van der Waals surface area contributed by atoms with Gasteiger partial charge in [0.2, 0.25) is 5.54 Å². The highest BCUT2D eigenvalue weighted by Gasteiger charge is 2.52. The van der Waals surface area contributed by atoms with Crippen LogP contribution in [0.2, 0.25) is 0 Å². The molecule has 1 aromatic rings. The lowest BCUT2D eigenvalue weighted by Gasteiger charge is -2.36. The molecule has 1 rings (SSSR count). The van der Waals surface area contributed by atoms with Gasteiger partial charge in [-0.25, -0.2) is 9.59 Å². The Morgan fingerprint density at radius 1 is 1.13 bits per heavy atom. The molecule has 1 aromatic carbocycles. The molecule has 0 spiro atoms. The van der Waals surface area contributed by atoms with Crippen LogP contribution < -0.4 is 0 Å². The van der Waals surface area contributed by atoms with Gasteiger partial charge in [-0.15, -0.1) is 0 Å². The Bertz CT molecular complexity index is 587. The Hall–Kier alpha value is -1.64. The summed E-state index contributed by atoms with van der Waals surface area (Å²) in [4.78, 5) is 38.5. The summed E-state index contributed by atoms with van der Waals surface area (Å²) in [6.07, 6.45) is 0.0467. The number of hydrogen-bond donors (Lipinski definition) is 0. The van der Waals surface area contributed by atoms with Gasteiger partial charge >= 0.3 is 11.9 Å². The predicted molar refractivity (Wildman–Crippen MR) is 92.9 cm³/mol. The zero-order chi connectivity index (χ0) is 17.6. The number of methoxy groups -OCH3 is 1. The summed E-state index contributed by atoms with van der Waals surface area (Å²) >= 11 is 2.13. The minimum Gasteiger partial charge on any atom is -0.467 e. The third kappa shape index (κ3) is 3.82. The lowest BCUT2D eigenvalue weighted by Crippen LogP contribution is -2.61. The van der Waals surface area contributed by atoms with Crippen LogP contribution in [0.4, 0.5) is 0 Å². The maximum atomic E-state index is 12.7. The third-order valence-corrected chi connectivity index (χ3v) is 4.34. The number of ether oxygens (including phenoxy) is 2. The number of amides is 1. The van der Waals surface area contributed by atoms with E-state index in [0.717, 1.165) is 8.47 Å². The van der Waals surface area contributed by atoms with E-state index in [4.69, 9.17) is 9.47 Å². The molecule has 0 aliphatic rings. The summed E-state index contributed by atoms with van der Waals surface area (Å²) in [5.74, 6) is -2.07. The Balaban J connectivity index is 3.29. The normalized spacial score (nSPS) is 12.9. The molecule has 0 heterocycles. The molecule has 1 unspecified atom stereocenters. The molecule has 1 amide bonds. The van der Waals surface area contributed by atoms with Gasteiger partial charge in [0, 0.05) is 16.2 Å².